The molecule has 1 aromatic carbocycles. The molecule has 0 bridgehead atoms. The summed E-state index contributed by atoms with van der Waals surface area (Å²) >= 11 is 0. The number of hydrogen-bond donors (Lipinski definition) is 0. The second-order valence-electron chi connectivity index (χ2n) is 7.77. The minimum absolute atomic E-state index is 0.175. The van der Waals surface area contributed by atoms with Crippen LogP contribution in [0.4, 0.5) is 16.0 Å². The average Bonchev–Trinajstić information content (AvgIpc) is 2.83. The molecular weight excluding hydrogens is 397 g/mol. The Morgan fingerprint density at radius 1 is 1.00 bits per heavy atom. The lowest BCUT2D eigenvalue weighted by molar-refractivity contribution is -0.131. The third-order valence-corrected chi connectivity index (χ3v) is 5.90. The lowest BCUT2D eigenvalue weighted by Gasteiger charge is -2.37. The molecule has 162 valence electrons. The van der Waals surface area contributed by atoms with Crippen LogP contribution in [0.25, 0.3) is 0 Å². The highest BCUT2D eigenvalue weighted by Gasteiger charge is 2.24. The third-order valence-electron chi connectivity index (χ3n) is 5.90. The van der Waals surface area contributed by atoms with Crippen molar-refractivity contribution in [3.05, 3.63) is 48.0 Å². The van der Waals surface area contributed by atoms with E-state index in [4.69, 9.17) is 5.26 Å². The smallest absolute Gasteiger partial charge is 0.225 e. The van der Waals surface area contributed by atoms with Crippen LogP contribution in [-0.4, -0.2) is 84.6 Å². The number of nitrogens with zero attached hydrogens (tertiary/aromatic N) is 7. The van der Waals surface area contributed by atoms with Crippen LogP contribution in [0, 0.1) is 17.1 Å². The fourth-order valence-electron chi connectivity index (χ4n) is 4.07. The Balaban J connectivity index is 1.20. The van der Waals surface area contributed by atoms with Crippen molar-refractivity contribution >= 4 is 17.5 Å². The molecule has 8 nitrogen and oxygen atoms in total. The van der Waals surface area contributed by atoms with Gasteiger partial charge < -0.3 is 14.7 Å². The van der Waals surface area contributed by atoms with Gasteiger partial charge in [-0.15, -0.1) is 0 Å². The topological polar surface area (TPSA) is 79.6 Å². The number of carbonyl (C=O) groups is 1. The second kappa shape index (κ2) is 9.71. The number of piperazine rings is 2. The number of carbonyl (C=O) groups excluding carboxylic acids is 1. The first-order chi connectivity index (χ1) is 15.1. The van der Waals surface area contributed by atoms with E-state index in [1.165, 1.54) is 6.07 Å². The molecule has 0 N–H and O–H groups in total. The number of aromatic nitrogens is 2. The molecule has 31 heavy (non-hydrogen) atoms. The summed E-state index contributed by atoms with van der Waals surface area (Å²) in [5, 5.41) is 8.89. The van der Waals surface area contributed by atoms with Crippen molar-refractivity contribution in [2.45, 2.75) is 6.42 Å². The Morgan fingerprint density at radius 2 is 1.68 bits per heavy atom. The van der Waals surface area contributed by atoms with Gasteiger partial charge in [0.15, 0.2) is 0 Å². The molecule has 2 aromatic rings. The third kappa shape index (κ3) is 5.09. The maximum Gasteiger partial charge on any atom is 0.225 e. The van der Waals surface area contributed by atoms with E-state index in [0.717, 1.165) is 26.2 Å². The molecule has 0 aliphatic carbocycles. The first-order valence-corrected chi connectivity index (χ1v) is 10.6. The summed E-state index contributed by atoms with van der Waals surface area (Å²) in [6.07, 6.45) is 3.96. The molecule has 3 heterocycles. The molecule has 4 rings (SSSR count). The molecule has 0 spiro atoms. The molecular formula is C22H26FN7O. The van der Waals surface area contributed by atoms with Gasteiger partial charge in [-0.1, -0.05) is 0 Å². The van der Waals surface area contributed by atoms with Crippen molar-refractivity contribution in [2.75, 3.05) is 68.7 Å². The SMILES string of the molecule is N#Cc1ccc(N2CCN(CCC(=O)N3CCN(c4ncccn4)CC3)CC2)c(F)c1. The van der Waals surface area contributed by atoms with Crippen molar-refractivity contribution in [3.63, 3.8) is 0 Å². The fourth-order valence-corrected chi connectivity index (χ4v) is 4.07. The van der Waals surface area contributed by atoms with Crippen molar-refractivity contribution < 1.29 is 9.18 Å². The van der Waals surface area contributed by atoms with E-state index in [9.17, 15) is 9.18 Å². The van der Waals surface area contributed by atoms with Gasteiger partial charge in [-0.2, -0.15) is 5.26 Å². The number of hydrogen-bond acceptors (Lipinski definition) is 7. The van der Waals surface area contributed by atoms with Gasteiger partial charge in [0.2, 0.25) is 11.9 Å². The molecule has 0 unspecified atom stereocenters. The normalized spacial score (nSPS) is 17.5. The van der Waals surface area contributed by atoms with E-state index in [1.807, 2.05) is 15.9 Å². The van der Waals surface area contributed by atoms with Crippen LogP contribution in [-0.2, 0) is 4.79 Å². The fraction of sp³-hybridized carbons (Fsp3) is 0.455. The quantitative estimate of drug-likeness (QED) is 0.718. The number of nitriles is 1. The summed E-state index contributed by atoms with van der Waals surface area (Å²) in [6.45, 7) is 6.53. The predicted molar refractivity (Wildman–Crippen MR) is 115 cm³/mol. The highest BCUT2D eigenvalue weighted by Crippen LogP contribution is 2.22. The zero-order chi connectivity index (χ0) is 21.6. The molecule has 2 aliphatic heterocycles. The number of rotatable bonds is 5. The Hall–Kier alpha value is -3.25. The van der Waals surface area contributed by atoms with Crippen molar-refractivity contribution in [1.29, 1.82) is 5.26 Å². The van der Waals surface area contributed by atoms with Gasteiger partial charge in [-0.3, -0.25) is 9.69 Å². The van der Waals surface area contributed by atoms with Crippen LogP contribution in [0.5, 0.6) is 0 Å². The van der Waals surface area contributed by atoms with Crippen LogP contribution < -0.4 is 9.80 Å². The summed E-state index contributed by atoms with van der Waals surface area (Å²) in [4.78, 5) is 29.5. The molecule has 2 aliphatic rings. The van der Waals surface area contributed by atoms with E-state index in [2.05, 4.69) is 19.8 Å². The van der Waals surface area contributed by atoms with Crippen LogP contribution in [0.1, 0.15) is 12.0 Å². The highest BCUT2D eigenvalue weighted by molar-refractivity contribution is 5.76. The lowest BCUT2D eigenvalue weighted by atomic mass is 10.1. The first kappa shape index (κ1) is 21.0. The van der Waals surface area contributed by atoms with Crippen molar-refractivity contribution in [3.8, 4) is 6.07 Å². The van der Waals surface area contributed by atoms with E-state index in [0.29, 0.717) is 56.3 Å². The summed E-state index contributed by atoms with van der Waals surface area (Å²) in [6, 6.07) is 8.36. The van der Waals surface area contributed by atoms with E-state index in [1.54, 1.807) is 30.6 Å². The number of benzene rings is 1. The molecule has 9 heteroatoms. The molecule has 1 aromatic heterocycles. The molecule has 0 saturated carbocycles. The van der Waals surface area contributed by atoms with Crippen LogP contribution in [0.2, 0.25) is 0 Å². The van der Waals surface area contributed by atoms with Gasteiger partial charge in [0.25, 0.3) is 0 Å². The van der Waals surface area contributed by atoms with Gasteiger partial charge in [0, 0.05) is 77.7 Å². The monoisotopic (exact) mass is 423 g/mol. The van der Waals surface area contributed by atoms with Crippen LogP contribution in [0.15, 0.2) is 36.7 Å². The maximum absolute atomic E-state index is 14.2. The predicted octanol–water partition coefficient (Wildman–Crippen LogP) is 1.35. The minimum atomic E-state index is -0.359. The first-order valence-electron chi connectivity index (χ1n) is 10.6. The number of amides is 1. The average molecular weight is 423 g/mol. The van der Waals surface area contributed by atoms with Gasteiger partial charge in [-0.05, 0) is 24.3 Å². The van der Waals surface area contributed by atoms with Gasteiger partial charge in [0.1, 0.15) is 5.82 Å². The van der Waals surface area contributed by atoms with Gasteiger partial charge in [0.05, 0.1) is 17.3 Å². The van der Waals surface area contributed by atoms with E-state index in [-0.39, 0.29) is 11.7 Å². The number of halogens is 1. The Labute approximate surface area is 181 Å². The van der Waals surface area contributed by atoms with Crippen LogP contribution >= 0.6 is 0 Å². The van der Waals surface area contributed by atoms with Crippen molar-refractivity contribution in [2.24, 2.45) is 0 Å². The molecule has 1 amide bonds. The van der Waals surface area contributed by atoms with Crippen LogP contribution in [0.3, 0.4) is 0 Å². The molecule has 0 atom stereocenters. The highest BCUT2D eigenvalue weighted by atomic mass is 19.1. The lowest BCUT2D eigenvalue weighted by Crippen LogP contribution is -2.51. The Bertz CT molecular complexity index is 933. The second-order valence-corrected chi connectivity index (χ2v) is 7.77. The largest absolute Gasteiger partial charge is 0.367 e. The summed E-state index contributed by atoms with van der Waals surface area (Å²) in [5.74, 6) is 0.531. The van der Waals surface area contributed by atoms with E-state index < -0.39 is 0 Å². The summed E-state index contributed by atoms with van der Waals surface area (Å²) < 4.78 is 14.2. The maximum atomic E-state index is 14.2. The van der Waals surface area contributed by atoms with E-state index >= 15 is 0 Å². The zero-order valence-electron chi connectivity index (χ0n) is 17.5. The minimum Gasteiger partial charge on any atom is -0.367 e. The zero-order valence-corrected chi connectivity index (χ0v) is 17.5. The summed E-state index contributed by atoms with van der Waals surface area (Å²) in [7, 11) is 0. The standard InChI is InChI=1S/C22H26FN7O/c23-19-16-18(17-24)2-3-20(19)28-10-8-27(9-11-28)7-4-21(31)29-12-14-30(15-13-29)22-25-5-1-6-26-22/h1-3,5-6,16H,4,7-15H2. The summed E-state index contributed by atoms with van der Waals surface area (Å²) in [5.41, 5.74) is 0.866. The Morgan fingerprint density at radius 3 is 2.32 bits per heavy atom. The van der Waals surface area contributed by atoms with Gasteiger partial charge >= 0.3 is 0 Å². The molecule has 2 saturated heterocycles. The molecule has 2 fully saturated rings. The van der Waals surface area contributed by atoms with Gasteiger partial charge in [-0.25, -0.2) is 14.4 Å². The number of anilines is 2. The Kier molecular flexibility index (Phi) is 6.57. The van der Waals surface area contributed by atoms with Crippen molar-refractivity contribution in [1.82, 2.24) is 19.8 Å². The molecule has 0 radical (unpaired) electrons.